The maximum absolute atomic E-state index is 11.0. The normalized spacial score (nSPS) is 10.1. The summed E-state index contributed by atoms with van der Waals surface area (Å²) in [7, 11) is 0. The molecule has 0 aliphatic carbocycles. The molecule has 0 radical (unpaired) electrons. The molecule has 1 aromatic rings. The Morgan fingerprint density at radius 1 is 1.38 bits per heavy atom. The number of carbonyl (C=O) groups excluding carboxylic acids is 1. The van der Waals surface area contributed by atoms with Gasteiger partial charge in [-0.25, -0.2) is 0 Å². The molecule has 0 unspecified atom stereocenters. The average molecular weight is 235 g/mol. The number of rotatable bonds is 3. The minimum absolute atomic E-state index is 0.0170. The number of alkyl halides is 1. The van der Waals surface area contributed by atoms with Gasteiger partial charge in [0.05, 0.1) is 5.88 Å². The van der Waals surface area contributed by atoms with Crippen LogP contribution in [0.5, 0.6) is 0 Å². The Hall–Kier alpha value is -0.180. The molecule has 13 heavy (non-hydrogen) atoms. The highest BCUT2D eigenvalue weighted by atomic mass is 35.5. The molecule has 70 valence electrons. The summed E-state index contributed by atoms with van der Waals surface area (Å²) in [5, 5.41) is 0.588. The number of Topliss-reactive ketones (excluding diaryl/α,β-unsaturated/α-hetero) is 1. The van der Waals surface area contributed by atoms with Crippen LogP contribution in [-0.2, 0) is 11.2 Å². The van der Waals surface area contributed by atoms with Gasteiger partial charge in [-0.2, -0.15) is 0 Å². The molecule has 0 heterocycles. The van der Waals surface area contributed by atoms with Crippen molar-refractivity contribution < 1.29 is 4.79 Å². The predicted molar refractivity (Wildman–Crippen MR) is 58.1 cm³/mol. The van der Waals surface area contributed by atoms with E-state index in [0.29, 0.717) is 11.4 Å². The molecule has 1 rings (SSSR count). The molecule has 0 fully saturated rings. The Morgan fingerprint density at radius 2 is 2.08 bits per heavy atom. The number of hydrogen-bond donors (Lipinski definition) is 1. The summed E-state index contributed by atoms with van der Waals surface area (Å²) in [6.45, 7) is 0. The molecule has 0 aliphatic rings. The van der Waals surface area contributed by atoms with Crippen molar-refractivity contribution in [3.8, 4) is 0 Å². The molecule has 0 amide bonds. The van der Waals surface area contributed by atoms with Crippen molar-refractivity contribution >= 4 is 41.6 Å². The van der Waals surface area contributed by atoms with Gasteiger partial charge in [0.1, 0.15) is 0 Å². The van der Waals surface area contributed by atoms with E-state index in [-0.39, 0.29) is 11.7 Å². The molecule has 0 spiro atoms. The second-order valence-electron chi connectivity index (χ2n) is 2.67. The number of ketones is 1. The van der Waals surface area contributed by atoms with E-state index >= 15 is 0 Å². The van der Waals surface area contributed by atoms with E-state index in [1.54, 1.807) is 18.2 Å². The highest BCUT2D eigenvalue weighted by molar-refractivity contribution is 7.80. The summed E-state index contributed by atoms with van der Waals surface area (Å²) in [5.74, 6) is 0.0192. The first-order chi connectivity index (χ1) is 6.11. The molecule has 0 aliphatic heterocycles. The van der Waals surface area contributed by atoms with Crippen molar-refractivity contribution in [3.63, 3.8) is 0 Å². The molecule has 0 saturated heterocycles. The summed E-state index contributed by atoms with van der Waals surface area (Å²) >= 11 is 15.3. The maximum atomic E-state index is 11.0. The third kappa shape index (κ3) is 3.59. The maximum Gasteiger partial charge on any atom is 0.151 e. The minimum atomic E-state index is -0.0170. The van der Waals surface area contributed by atoms with E-state index in [0.717, 1.165) is 10.5 Å². The van der Waals surface area contributed by atoms with Crippen LogP contribution in [0.15, 0.2) is 23.1 Å². The largest absolute Gasteiger partial charge is 0.298 e. The molecular weight excluding hydrogens is 227 g/mol. The lowest BCUT2D eigenvalue weighted by Crippen LogP contribution is -2.03. The van der Waals surface area contributed by atoms with Gasteiger partial charge in [0, 0.05) is 16.3 Å². The molecule has 0 atom stereocenters. The van der Waals surface area contributed by atoms with Crippen molar-refractivity contribution in [3.05, 3.63) is 28.8 Å². The minimum Gasteiger partial charge on any atom is -0.298 e. The fourth-order valence-corrected chi connectivity index (χ4v) is 1.74. The number of thiol groups is 1. The highest BCUT2D eigenvalue weighted by Gasteiger charge is 2.03. The van der Waals surface area contributed by atoms with Crippen molar-refractivity contribution in [1.29, 1.82) is 0 Å². The van der Waals surface area contributed by atoms with Gasteiger partial charge < -0.3 is 0 Å². The van der Waals surface area contributed by atoms with Gasteiger partial charge in [-0.3, -0.25) is 4.79 Å². The van der Waals surface area contributed by atoms with Gasteiger partial charge in [-0.05, 0) is 23.8 Å². The molecule has 1 aromatic carbocycles. The Balaban J connectivity index is 2.83. The number of halogens is 2. The Morgan fingerprint density at radius 3 is 2.62 bits per heavy atom. The van der Waals surface area contributed by atoms with E-state index in [1.165, 1.54) is 0 Å². The molecule has 0 bridgehead atoms. The van der Waals surface area contributed by atoms with Crippen molar-refractivity contribution in [2.45, 2.75) is 11.3 Å². The smallest absolute Gasteiger partial charge is 0.151 e. The second-order valence-corrected chi connectivity index (χ2v) is 3.89. The van der Waals surface area contributed by atoms with Crippen LogP contribution in [-0.4, -0.2) is 11.7 Å². The average Bonchev–Trinajstić information content (AvgIpc) is 2.02. The lowest BCUT2D eigenvalue weighted by Gasteiger charge is -2.01. The molecule has 1 nitrogen and oxygen atoms in total. The number of benzene rings is 1. The van der Waals surface area contributed by atoms with Crippen molar-refractivity contribution in [1.82, 2.24) is 0 Å². The van der Waals surface area contributed by atoms with Gasteiger partial charge in [0.15, 0.2) is 5.78 Å². The summed E-state index contributed by atoms with van der Waals surface area (Å²) in [6, 6.07) is 5.27. The van der Waals surface area contributed by atoms with Crippen LogP contribution in [0.25, 0.3) is 0 Å². The van der Waals surface area contributed by atoms with Crippen LogP contribution < -0.4 is 0 Å². The van der Waals surface area contributed by atoms with Crippen LogP contribution in [0.4, 0.5) is 0 Å². The number of hydrogen-bond acceptors (Lipinski definition) is 2. The van der Waals surface area contributed by atoms with Crippen molar-refractivity contribution in [2.75, 3.05) is 5.88 Å². The molecule has 4 heteroatoms. The van der Waals surface area contributed by atoms with Gasteiger partial charge in [0.25, 0.3) is 0 Å². The fourth-order valence-electron chi connectivity index (χ4n) is 1.01. The van der Waals surface area contributed by atoms with Crippen LogP contribution in [0.2, 0.25) is 5.02 Å². The van der Waals surface area contributed by atoms with Gasteiger partial charge >= 0.3 is 0 Å². The molecule has 0 aromatic heterocycles. The zero-order valence-electron chi connectivity index (χ0n) is 6.76. The summed E-state index contributed by atoms with van der Waals surface area (Å²) < 4.78 is 0. The topological polar surface area (TPSA) is 17.1 Å². The second kappa shape index (κ2) is 4.89. The monoisotopic (exact) mass is 234 g/mol. The quantitative estimate of drug-likeness (QED) is 0.629. The van der Waals surface area contributed by atoms with Crippen molar-refractivity contribution in [2.24, 2.45) is 0 Å². The van der Waals surface area contributed by atoms with E-state index < -0.39 is 0 Å². The van der Waals surface area contributed by atoms with Crippen LogP contribution >= 0.6 is 35.8 Å². The molecule has 0 saturated carbocycles. The standard InChI is InChI=1S/C9H8Cl2OS/c10-5-8(12)2-6-1-7(11)4-9(13)3-6/h1,3-4,13H,2,5H2. The lowest BCUT2D eigenvalue weighted by atomic mass is 10.1. The van der Waals surface area contributed by atoms with Crippen LogP contribution in [0.3, 0.4) is 0 Å². The molecule has 0 N–H and O–H groups in total. The third-order valence-electron chi connectivity index (χ3n) is 1.49. The lowest BCUT2D eigenvalue weighted by molar-refractivity contribution is -0.116. The van der Waals surface area contributed by atoms with E-state index in [4.69, 9.17) is 23.2 Å². The summed E-state index contributed by atoms with van der Waals surface area (Å²) in [5.41, 5.74) is 0.850. The molecular formula is C9H8Cl2OS. The van der Waals surface area contributed by atoms with Gasteiger partial charge in [-0.1, -0.05) is 11.6 Å². The summed E-state index contributed by atoms with van der Waals surface area (Å²) in [4.78, 5) is 11.8. The first-order valence-electron chi connectivity index (χ1n) is 3.68. The predicted octanol–water partition coefficient (Wildman–Crippen LogP) is 2.98. The Bertz CT molecular complexity index is 305. The Labute approximate surface area is 92.4 Å². The highest BCUT2D eigenvalue weighted by Crippen LogP contribution is 2.18. The van der Waals surface area contributed by atoms with Gasteiger partial charge in [0.2, 0.25) is 0 Å². The Kier molecular flexibility index (Phi) is 4.10. The van der Waals surface area contributed by atoms with E-state index in [1.807, 2.05) is 0 Å². The zero-order chi connectivity index (χ0) is 9.84. The first kappa shape index (κ1) is 10.9. The summed E-state index contributed by atoms with van der Waals surface area (Å²) in [6.07, 6.45) is 0.317. The fraction of sp³-hybridized carbons (Fsp3) is 0.222. The first-order valence-corrected chi connectivity index (χ1v) is 5.04. The van der Waals surface area contributed by atoms with Crippen LogP contribution in [0.1, 0.15) is 5.56 Å². The van der Waals surface area contributed by atoms with Gasteiger partial charge in [-0.15, -0.1) is 24.2 Å². The van der Waals surface area contributed by atoms with E-state index in [9.17, 15) is 4.79 Å². The van der Waals surface area contributed by atoms with E-state index in [2.05, 4.69) is 12.6 Å². The third-order valence-corrected chi connectivity index (χ3v) is 2.27. The van der Waals surface area contributed by atoms with Crippen LogP contribution in [0, 0.1) is 0 Å². The SMILES string of the molecule is O=C(CCl)Cc1cc(S)cc(Cl)c1. The zero-order valence-corrected chi connectivity index (χ0v) is 9.16. The number of carbonyl (C=O) groups is 1.